The van der Waals surface area contributed by atoms with E-state index in [0.29, 0.717) is 31.9 Å². The van der Waals surface area contributed by atoms with Crippen molar-refractivity contribution < 1.29 is 14.0 Å². The number of halogens is 1. The average molecular weight is 388 g/mol. The van der Waals surface area contributed by atoms with E-state index in [1.165, 1.54) is 6.26 Å². The summed E-state index contributed by atoms with van der Waals surface area (Å²) < 4.78 is 5.21. The molecule has 1 fully saturated rings. The number of carbonyl (C=O) groups is 2. The van der Waals surface area contributed by atoms with E-state index in [2.05, 4.69) is 5.32 Å². The lowest BCUT2D eigenvalue weighted by Gasteiger charge is -2.35. The molecule has 27 heavy (non-hydrogen) atoms. The monoisotopic (exact) mass is 387 g/mol. The number of amides is 3. The third kappa shape index (κ3) is 3.81. The maximum absolute atomic E-state index is 12.7. The van der Waals surface area contributed by atoms with Crippen molar-refractivity contribution in [3.8, 4) is 0 Å². The Morgan fingerprint density at radius 1 is 1.15 bits per heavy atom. The predicted molar refractivity (Wildman–Crippen MR) is 102 cm³/mol. The summed E-state index contributed by atoms with van der Waals surface area (Å²) in [7, 11) is 0. The smallest absolute Gasteiger partial charge is 0.317 e. The largest absolute Gasteiger partial charge is 0.459 e. The lowest BCUT2D eigenvalue weighted by Crippen LogP contribution is -2.53. The molecule has 1 N–H and O–H groups in total. The maximum Gasteiger partial charge on any atom is 0.317 e. The molecular formula is C20H22ClN3O3. The lowest BCUT2D eigenvalue weighted by molar-refractivity contribution is 0.0662. The Hall–Kier alpha value is -2.47. The number of carbonyl (C=O) groups excluding carboxylic acids is 2. The average Bonchev–Trinajstić information content (AvgIpc) is 3.22. The van der Waals surface area contributed by atoms with Crippen LogP contribution in [-0.2, 0) is 13.0 Å². The van der Waals surface area contributed by atoms with Gasteiger partial charge in [0.15, 0.2) is 5.76 Å². The first-order valence-electron chi connectivity index (χ1n) is 9.26. The molecule has 1 aromatic carbocycles. The van der Waals surface area contributed by atoms with Crippen LogP contribution in [-0.4, -0.2) is 47.4 Å². The highest BCUT2D eigenvalue weighted by Gasteiger charge is 2.29. The zero-order chi connectivity index (χ0) is 18.8. The quantitative estimate of drug-likeness (QED) is 0.859. The van der Waals surface area contributed by atoms with Gasteiger partial charge in [-0.1, -0.05) is 23.7 Å². The Morgan fingerprint density at radius 3 is 2.85 bits per heavy atom. The van der Waals surface area contributed by atoms with Crippen molar-refractivity contribution in [2.45, 2.75) is 31.8 Å². The Balaban J connectivity index is 1.36. The highest BCUT2D eigenvalue weighted by Crippen LogP contribution is 2.26. The minimum absolute atomic E-state index is 0.0501. The van der Waals surface area contributed by atoms with E-state index >= 15 is 0 Å². The second-order valence-electron chi connectivity index (χ2n) is 7.07. The van der Waals surface area contributed by atoms with E-state index in [9.17, 15) is 9.59 Å². The summed E-state index contributed by atoms with van der Waals surface area (Å²) in [4.78, 5) is 28.7. The molecule has 2 aliphatic rings. The first-order chi connectivity index (χ1) is 13.1. The molecule has 0 bridgehead atoms. The van der Waals surface area contributed by atoms with Crippen molar-refractivity contribution in [1.29, 1.82) is 0 Å². The standard InChI is InChI=1S/C20H22ClN3O3/c21-17-6-1-4-14-12-24(10-8-16(14)17)20(26)22-15-5-2-9-23(13-15)19(25)18-7-3-11-27-18/h1,3-4,6-7,11,15H,2,5,8-10,12-13H2,(H,22,26)/t15-/m1/s1. The highest BCUT2D eigenvalue weighted by atomic mass is 35.5. The number of urea groups is 1. The zero-order valence-electron chi connectivity index (χ0n) is 15.0. The van der Waals surface area contributed by atoms with Crippen molar-refractivity contribution in [3.05, 3.63) is 58.5 Å². The summed E-state index contributed by atoms with van der Waals surface area (Å²) in [5.41, 5.74) is 2.23. The van der Waals surface area contributed by atoms with Gasteiger partial charge >= 0.3 is 6.03 Å². The molecule has 3 heterocycles. The number of nitrogens with one attached hydrogen (secondary N) is 1. The van der Waals surface area contributed by atoms with Crippen LogP contribution in [0, 0.1) is 0 Å². The fourth-order valence-electron chi connectivity index (χ4n) is 3.84. The molecule has 0 radical (unpaired) electrons. The van der Waals surface area contributed by atoms with E-state index < -0.39 is 0 Å². The Kier molecular flexibility index (Phi) is 5.07. The molecule has 0 saturated carbocycles. The van der Waals surface area contributed by atoms with Crippen LogP contribution in [0.25, 0.3) is 0 Å². The van der Waals surface area contributed by atoms with Gasteiger partial charge in [-0.3, -0.25) is 4.79 Å². The number of fused-ring (bicyclic) bond motifs is 1. The molecule has 142 valence electrons. The summed E-state index contributed by atoms with van der Waals surface area (Å²) in [6.07, 6.45) is 3.98. The summed E-state index contributed by atoms with van der Waals surface area (Å²) in [6, 6.07) is 9.07. The number of furan rings is 1. The van der Waals surface area contributed by atoms with E-state index in [1.54, 1.807) is 17.0 Å². The third-order valence-corrected chi connectivity index (χ3v) is 5.62. The molecule has 0 spiro atoms. The molecule has 6 nitrogen and oxygen atoms in total. The summed E-state index contributed by atoms with van der Waals surface area (Å²) in [5, 5.41) is 3.86. The third-order valence-electron chi connectivity index (χ3n) is 5.26. The van der Waals surface area contributed by atoms with E-state index in [-0.39, 0.29) is 18.0 Å². The molecule has 7 heteroatoms. The van der Waals surface area contributed by atoms with Crippen LogP contribution in [0.3, 0.4) is 0 Å². The van der Waals surface area contributed by atoms with Gasteiger partial charge in [-0.05, 0) is 48.6 Å². The van der Waals surface area contributed by atoms with Crippen LogP contribution in [0.1, 0.15) is 34.5 Å². The van der Waals surface area contributed by atoms with Gasteiger partial charge in [0.1, 0.15) is 0 Å². The molecule has 1 saturated heterocycles. The molecule has 1 aromatic heterocycles. The number of hydrogen-bond donors (Lipinski definition) is 1. The first kappa shape index (κ1) is 17.9. The molecule has 3 amide bonds. The van der Waals surface area contributed by atoms with Gasteiger partial charge in [0.25, 0.3) is 5.91 Å². The van der Waals surface area contributed by atoms with Gasteiger partial charge in [-0.2, -0.15) is 0 Å². The minimum atomic E-state index is -0.125. The number of hydrogen-bond acceptors (Lipinski definition) is 3. The van der Waals surface area contributed by atoms with Gasteiger partial charge in [-0.15, -0.1) is 0 Å². The number of likely N-dealkylation sites (tertiary alicyclic amines) is 1. The Labute approximate surface area is 163 Å². The fraction of sp³-hybridized carbons (Fsp3) is 0.400. The Morgan fingerprint density at radius 2 is 2.04 bits per heavy atom. The predicted octanol–water partition coefficient (Wildman–Crippen LogP) is 3.31. The lowest BCUT2D eigenvalue weighted by atomic mass is 10.00. The molecule has 2 aliphatic heterocycles. The van der Waals surface area contributed by atoms with Crippen LogP contribution in [0.4, 0.5) is 4.79 Å². The first-order valence-corrected chi connectivity index (χ1v) is 9.64. The van der Waals surface area contributed by atoms with Gasteiger partial charge in [0, 0.05) is 37.2 Å². The van der Waals surface area contributed by atoms with Gasteiger partial charge in [0.05, 0.1) is 6.26 Å². The van der Waals surface area contributed by atoms with Crippen LogP contribution >= 0.6 is 11.6 Å². The minimum Gasteiger partial charge on any atom is -0.459 e. The van der Waals surface area contributed by atoms with Gasteiger partial charge in [-0.25, -0.2) is 4.79 Å². The van der Waals surface area contributed by atoms with E-state index in [1.807, 2.05) is 23.1 Å². The molecule has 0 aliphatic carbocycles. The van der Waals surface area contributed by atoms with Gasteiger partial charge in [0.2, 0.25) is 0 Å². The van der Waals surface area contributed by atoms with E-state index in [0.717, 1.165) is 35.4 Å². The van der Waals surface area contributed by atoms with Crippen molar-refractivity contribution in [3.63, 3.8) is 0 Å². The van der Waals surface area contributed by atoms with Crippen molar-refractivity contribution in [2.75, 3.05) is 19.6 Å². The molecule has 1 atom stereocenters. The van der Waals surface area contributed by atoms with Gasteiger partial charge < -0.3 is 19.5 Å². The number of rotatable bonds is 2. The van der Waals surface area contributed by atoms with Crippen molar-refractivity contribution >= 4 is 23.5 Å². The number of nitrogens with zero attached hydrogens (tertiary/aromatic N) is 2. The van der Waals surface area contributed by atoms with Crippen molar-refractivity contribution in [2.24, 2.45) is 0 Å². The van der Waals surface area contributed by atoms with Crippen molar-refractivity contribution in [1.82, 2.24) is 15.1 Å². The van der Waals surface area contributed by atoms with Crippen LogP contribution in [0.15, 0.2) is 41.0 Å². The van der Waals surface area contributed by atoms with Crippen LogP contribution < -0.4 is 5.32 Å². The highest BCUT2D eigenvalue weighted by molar-refractivity contribution is 6.31. The summed E-state index contributed by atoms with van der Waals surface area (Å²) >= 11 is 6.25. The topological polar surface area (TPSA) is 65.8 Å². The summed E-state index contributed by atoms with van der Waals surface area (Å²) in [6.45, 7) is 2.39. The summed E-state index contributed by atoms with van der Waals surface area (Å²) in [5.74, 6) is 0.215. The second kappa shape index (κ2) is 7.64. The molecule has 4 rings (SSSR count). The normalized spacial score (nSPS) is 19.5. The van der Waals surface area contributed by atoms with E-state index in [4.69, 9.17) is 16.0 Å². The molecular weight excluding hydrogens is 366 g/mol. The maximum atomic E-state index is 12.7. The number of piperidine rings is 1. The van der Waals surface area contributed by atoms with Crippen LogP contribution in [0.5, 0.6) is 0 Å². The molecule has 2 aromatic rings. The number of benzene rings is 1. The Bertz CT molecular complexity index is 837. The van der Waals surface area contributed by atoms with Crippen LogP contribution in [0.2, 0.25) is 5.02 Å². The zero-order valence-corrected chi connectivity index (χ0v) is 15.7. The second-order valence-corrected chi connectivity index (χ2v) is 7.47. The SMILES string of the molecule is O=C(N[C@@H]1CCCN(C(=O)c2ccco2)C1)N1CCc2c(Cl)cccc2C1. The molecule has 0 unspecified atom stereocenters. The fourth-order valence-corrected chi connectivity index (χ4v) is 4.13.